The summed E-state index contributed by atoms with van der Waals surface area (Å²) in [6, 6.07) is 25.3. The average Bonchev–Trinajstić information content (AvgIpc) is 2.84. The maximum atomic E-state index is 12.5. The van der Waals surface area contributed by atoms with Crippen molar-refractivity contribution in [3.05, 3.63) is 95.6 Å². The Morgan fingerprint density at radius 2 is 1.67 bits per heavy atom. The maximum Gasteiger partial charge on any atom is 0.248 e. The molecule has 1 atom stereocenters. The third-order valence-corrected chi connectivity index (χ3v) is 6.37. The highest BCUT2D eigenvalue weighted by molar-refractivity contribution is 14.0. The van der Waals surface area contributed by atoms with Crippen LogP contribution in [0.5, 0.6) is 0 Å². The summed E-state index contributed by atoms with van der Waals surface area (Å²) in [6.07, 6.45) is 7.39. The number of hydrogen-bond acceptors (Lipinski definition) is 2. The first-order valence-corrected chi connectivity index (χ1v) is 11.6. The summed E-state index contributed by atoms with van der Waals surface area (Å²) in [6.45, 7) is 6.74. The number of nitrogens with zero attached hydrogens (tertiary/aromatic N) is 1. The van der Waals surface area contributed by atoms with Crippen LogP contribution in [0.2, 0.25) is 0 Å². The molecule has 0 spiro atoms. The molecule has 1 aliphatic heterocycles. The molecule has 1 saturated heterocycles. The SMILES string of the molecule is Cc1ccccc1-c1cccc(/C=C/C(=O)Nc2ccc(C(C)N3CCCCC3)cc2)c1.I. The van der Waals surface area contributed by atoms with Crippen molar-refractivity contribution in [3.8, 4) is 11.1 Å². The zero-order valence-electron chi connectivity index (χ0n) is 19.5. The Balaban J connectivity index is 0.00000306. The number of carbonyl (C=O) groups is 1. The van der Waals surface area contributed by atoms with E-state index in [0.717, 1.165) is 16.8 Å². The van der Waals surface area contributed by atoms with Gasteiger partial charge in [-0.1, -0.05) is 61.0 Å². The third kappa shape index (κ3) is 6.78. The molecule has 33 heavy (non-hydrogen) atoms. The van der Waals surface area contributed by atoms with Gasteiger partial charge in [0.15, 0.2) is 0 Å². The normalized spacial score (nSPS) is 15.1. The number of anilines is 1. The minimum atomic E-state index is -0.122. The van der Waals surface area contributed by atoms with Gasteiger partial charge in [0.25, 0.3) is 0 Å². The van der Waals surface area contributed by atoms with Crippen LogP contribution in [0.4, 0.5) is 5.69 Å². The largest absolute Gasteiger partial charge is 0.323 e. The van der Waals surface area contributed by atoms with Crippen LogP contribution in [-0.2, 0) is 4.79 Å². The van der Waals surface area contributed by atoms with Crippen molar-refractivity contribution < 1.29 is 4.79 Å². The number of benzene rings is 3. The Morgan fingerprint density at radius 3 is 2.39 bits per heavy atom. The Kier molecular flexibility index (Phi) is 9.27. The molecule has 0 aliphatic carbocycles. The fourth-order valence-electron chi connectivity index (χ4n) is 4.42. The quantitative estimate of drug-likeness (QED) is 0.254. The van der Waals surface area contributed by atoms with Crippen LogP contribution in [-0.4, -0.2) is 23.9 Å². The second-order valence-electron chi connectivity index (χ2n) is 8.66. The first kappa shape index (κ1) is 25.2. The van der Waals surface area contributed by atoms with E-state index < -0.39 is 0 Å². The maximum absolute atomic E-state index is 12.5. The minimum Gasteiger partial charge on any atom is -0.323 e. The summed E-state index contributed by atoms with van der Waals surface area (Å²) in [7, 11) is 0. The lowest BCUT2D eigenvalue weighted by atomic mass is 9.99. The molecule has 1 fully saturated rings. The standard InChI is InChI=1S/C29H32N2O.HI/c1-22-9-4-5-12-28(22)26-11-8-10-24(21-26)13-18-29(32)30-27-16-14-25(15-17-27)23(2)31-19-6-3-7-20-31;/h4-5,8-18,21,23H,3,6-7,19-20H2,1-2H3,(H,30,32);1H/b18-13+;. The molecule has 1 N–H and O–H groups in total. The van der Waals surface area contributed by atoms with E-state index in [1.807, 2.05) is 36.4 Å². The van der Waals surface area contributed by atoms with Gasteiger partial charge in [0.05, 0.1) is 0 Å². The highest BCUT2D eigenvalue weighted by atomic mass is 127. The van der Waals surface area contributed by atoms with Crippen LogP contribution in [0.25, 0.3) is 17.2 Å². The molecule has 1 unspecified atom stereocenters. The second kappa shape index (κ2) is 12.1. The van der Waals surface area contributed by atoms with Gasteiger partial charge in [0.1, 0.15) is 0 Å². The van der Waals surface area contributed by atoms with E-state index in [0.29, 0.717) is 6.04 Å². The summed E-state index contributed by atoms with van der Waals surface area (Å²) >= 11 is 0. The van der Waals surface area contributed by atoms with Crippen LogP contribution in [0, 0.1) is 6.92 Å². The van der Waals surface area contributed by atoms with E-state index in [1.165, 1.54) is 49.0 Å². The van der Waals surface area contributed by atoms with Gasteiger partial charge >= 0.3 is 0 Å². The van der Waals surface area contributed by atoms with Gasteiger partial charge in [-0.05, 0) is 91.9 Å². The van der Waals surface area contributed by atoms with Gasteiger partial charge in [-0.3, -0.25) is 9.69 Å². The van der Waals surface area contributed by atoms with Crippen LogP contribution in [0.3, 0.4) is 0 Å². The number of rotatable bonds is 6. The number of amides is 1. The molecule has 0 radical (unpaired) electrons. The molecule has 0 aromatic heterocycles. The number of nitrogens with one attached hydrogen (secondary N) is 1. The van der Waals surface area contributed by atoms with E-state index in [1.54, 1.807) is 6.08 Å². The van der Waals surface area contributed by atoms with Crippen LogP contribution in [0.1, 0.15) is 48.9 Å². The van der Waals surface area contributed by atoms with Gasteiger partial charge in [-0.15, -0.1) is 24.0 Å². The Morgan fingerprint density at radius 1 is 0.939 bits per heavy atom. The van der Waals surface area contributed by atoms with Gasteiger partial charge in [-0.25, -0.2) is 0 Å². The Hall–Kier alpha value is -2.44. The molecule has 0 bridgehead atoms. The van der Waals surface area contributed by atoms with Gasteiger partial charge in [0.2, 0.25) is 5.91 Å². The summed E-state index contributed by atoms with van der Waals surface area (Å²) in [5.41, 5.74) is 6.74. The summed E-state index contributed by atoms with van der Waals surface area (Å²) in [4.78, 5) is 15.0. The van der Waals surface area contributed by atoms with Crippen molar-refractivity contribution in [3.63, 3.8) is 0 Å². The Bertz CT molecular complexity index is 1080. The fraction of sp³-hybridized carbons (Fsp3) is 0.276. The van der Waals surface area contributed by atoms with Crippen LogP contribution >= 0.6 is 24.0 Å². The zero-order chi connectivity index (χ0) is 22.3. The van der Waals surface area contributed by atoms with Crippen molar-refractivity contribution in [2.45, 2.75) is 39.2 Å². The minimum absolute atomic E-state index is 0. The predicted octanol–water partition coefficient (Wildman–Crippen LogP) is 7.48. The molecule has 1 heterocycles. The number of hydrogen-bond donors (Lipinski definition) is 1. The van der Waals surface area contributed by atoms with Crippen molar-refractivity contribution in [1.29, 1.82) is 0 Å². The molecule has 3 aromatic carbocycles. The predicted molar refractivity (Wildman–Crippen MR) is 150 cm³/mol. The van der Waals surface area contributed by atoms with E-state index in [9.17, 15) is 4.79 Å². The number of piperidine rings is 1. The molecule has 3 aromatic rings. The lowest BCUT2D eigenvalue weighted by Gasteiger charge is -2.32. The average molecular weight is 553 g/mol. The molecule has 4 rings (SSSR count). The first-order chi connectivity index (χ1) is 15.6. The molecular formula is C29H33IN2O. The lowest BCUT2D eigenvalue weighted by Crippen LogP contribution is -2.32. The van der Waals surface area contributed by atoms with Crippen molar-refractivity contribution in [2.24, 2.45) is 0 Å². The third-order valence-electron chi connectivity index (χ3n) is 6.37. The summed E-state index contributed by atoms with van der Waals surface area (Å²) in [5.74, 6) is -0.122. The number of carbonyl (C=O) groups excluding carboxylic acids is 1. The lowest BCUT2D eigenvalue weighted by molar-refractivity contribution is -0.111. The van der Waals surface area contributed by atoms with E-state index in [4.69, 9.17) is 0 Å². The van der Waals surface area contributed by atoms with Crippen molar-refractivity contribution in [2.75, 3.05) is 18.4 Å². The van der Waals surface area contributed by atoms with E-state index in [2.05, 4.69) is 66.5 Å². The Labute approximate surface area is 214 Å². The zero-order valence-corrected chi connectivity index (χ0v) is 21.8. The number of aryl methyl sites for hydroxylation is 1. The van der Waals surface area contributed by atoms with Crippen molar-refractivity contribution >= 4 is 41.6 Å². The molecule has 3 nitrogen and oxygen atoms in total. The molecule has 1 amide bonds. The highest BCUT2D eigenvalue weighted by Gasteiger charge is 2.17. The fourth-order valence-corrected chi connectivity index (χ4v) is 4.42. The second-order valence-corrected chi connectivity index (χ2v) is 8.66. The topological polar surface area (TPSA) is 32.3 Å². The van der Waals surface area contributed by atoms with Gasteiger partial charge < -0.3 is 5.32 Å². The molecule has 4 heteroatoms. The smallest absolute Gasteiger partial charge is 0.248 e. The van der Waals surface area contributed by atoms with Crippen molar-refractivity contribution in [1.82, 2.24) is 4.90 Å². The van der Waals surface area contributed by atoms with E-state index in [-0.39, 0.29) is 29.9 Å². The van der Waals surface area contributed by atoms with Crippen LogP contribution < -0.4 is 5.32 Å². The molecular weight excluding hydrogens is 519 g/mol. The monoisotopic (exact) mass is 552 g/mol. The number of likely N-dealkylation sites (tertiary alicyclic amines) is 1. The molecule has 1 aliphatic rings. The summed E-state index contributed by atoms with van der Waals surface area (Å²) in [5, 5.41) is 2.97. The molecule has 172 valence electrons. The van der Waals surface area contributed by atoms with Crippen LogP contribution in [0.15, 0.2) is 78.9 Å². The summed E-state index contributed by atoms with van der Waals surface area (Å²) < 4.78 is 0. The molecule has 0 saturated carbocycles. The first-order valence-electron chi connectivity index (χ1n) is 11.6. The van der Waals surface area contributed by atoms with E-state index >= 15 is 0 Å². The van der Waals surface area contributed by atoms with Gasteiger partial charge in [0, 0.05) is 17.8 Å². The number of halogens is 1. The van der Waals surface area contributed by atoms with Gasteiger partial charge in [-0.2, -0.15) is 0 Å². The highest BCUT2D eigenvalue weighted by Crippen LogP contribution is 2.26.